The molecule has 3 heterocycles. The maximum atomic E-state index is 12.8. The molecular weight excluding hydrogens is 418 g/mol. The quantitative estimate of drug-likeness (QED) is 0.514. The van der Waals surface area contributed by atoms with Crippen LogP contribution >= 0.6 is 0 Å². The van der Waals surface area contributed by atoms with Crippen LogP contribution in [0.1, 0.15) is 35.8 Å². The molecule has 1 saturated heterocycles. The normalized spacial score (nSPS) is 14.5. The molecule has 4 aromatic rings. The van der Waals surface area contributed by atoms with Gasteiger partial charge in [0.2, 0.25) is 11.8 Å². The summed E-state index contributed by atoms with van der Waals surface area (Å²) in [4.78, 5) is 14.9. The van der Waals surface area contributed by atoms with Crippen molar-refractivity contribution in [2.75, 3.05) is 18.0 Å². The molecule has 5 rings (SSSR count). The van der Waals surface area contributed by atoms with Gasteiger partial charge >= 0.3 is 0 Å². The number of piperidine rings is 1. The molecule has 1 aliphatic rings. The average Bonchev–Trinajstić information content (AvgIpc) is 3.32. The van der Waals surface area contributed by atoms with Crippen molar-refractivity contribution in [1.82, 2.24) is 14.8 Å². The zero-order chi connectivity index (χ0) is 23.1. The minimum absolute atomic E-state index is 0.0766. The van der Waals surface area contributed by atoms with Crippen LogP contribution in [0.2, 0.25) is 0 Å². The number of anilines is 1. The van der Waals surface area contributed by atoms with Crippen molar-refractivity contribution in [3.8, 4) is 23.3 Å². The van der Waals surface area contributed by atoms with Gasteiger partial charge in [0.25, 0.3) is 5.56 Å². The molecule has 166 valence electrons. The highest BCUT2D eigenvalue weighted by atomic mass is 16.4. The smallest absolute Gasteiger partial charge is 0.270 e. The fourth-order valence-electron chi connectivity index (χ4n) is 4.61. The monoisotopic (exact) mass is 441 g/mol. The van der Waals surface area contributed by atoms with Crippen LogP contribution in [0.15, 0.2) is 51.7 Å². The van der Waals surface area contributed by atoms with Crippen LogP contribution in [-0.4, -0.2) is 33.0 Å². The Morgan fingerprint density at radius 2 is 1.91 bits per heavy atom. The van der Waals surface area contributed by atoms with E-state index in [0.29, 0.717) is 36.1 Å². The Hall–Kier alpha value is -4.12. The first-order valence-corrected chi connectivity index (χ1v) is 10.9. The molecule has 1 N–H and O–H groups in total. The number of phenolic OH excluding ortho intramolecular Hbond substituents is 1. The standard InChI is InChI=1S/C25H23N5O3/c1-15-5-3-4-6-18(15)24-28-27-23(33-24)16-9-11-30(12-10-16)22-19-8-7-17(31)13-21(19)29(2)25(32)20(22)14-26/h3-8,13,16,31H,9-12H2,1-2H3. The maximum absolute atomic E-state index is 12.8. The fraction of sp³-hybridized carbons (Fsp3) is 0.280. The Morgan fingerprint density at radius 3 is 2.64 bits per heavy atom. The lowest BCUT2D eigenvalue weighted by atomic mass is 9.95. The number of hydrogen-bond acceptors (Lipinski definition) is 7. The van der Waals surface area contributed by atoms with Gasteiger partial charge in [0.05, 0.1) is 11.2 Å². The summed E-state index contributed by atoms with van der Waals surface area (Å²) in [6.07, 6.45) is 1.52. The van der Waals surface area contributed by atoms with Crippen LogP contribution in [0.3, 0.4) is 0 Å². The second-order valence-electron chi connectivity index (χ2n) is 8.42. The second-order valence-corrected chi connectivity index (χ2v) is 8.42. The van der Waals surface area contributed by atoms with E-state index in [9.17, 15) is 15.2 Å². The molecule has 1 aliphatic heterocycles. The molecule has 1 fully saturated rings. The largest absolute Gasteiger partial charge is 0.508 e. The van der Waals surface area contributed by atoms with Gasteiger partial charge in [-0.25, -0.2) is 0 Å². The van der Waals surface area contributed by atoms with E-state index in [-0.39, 0.29) is 22.8 Å². The summed E-state index contributed by atoms with van der Waals surface area (Å²) < 4.78 is 7.43. The van der Waals surface area contributed by atoms with Crippen LogP contribution in [0.25, 0.3) is 22.4 Å². The van der Waals surface area contributed by atoms with Gasteiger partial charge in [-0.15, -0.1) is 10.2 Å². The SMILES string of the molecule is Cc1ccccc1-c1nnc(C2CCN(c3c(C#N)c(=O)n(C)c4cc(O)ccc34)CC2)o1. The van der Waals surface area contributed by atoms with E-state index >= 15 is 0 Å². The average molecular weight is 441 g/mol. The Morgan fingerprint density at radius 1 is 1.15 bits per heavy atom. The summed E-state index contributed by atoms with van der Waals surface area (Å²) in [5.41, 5.74) is 2.98. The number of nitriles is 1. The molecular formula is C25H23N5O3. The van der Waals surface area contributed by atoms with Crippen molar-refractivity contribution in [3.63, 3.8) is 0 Å². The van der Waals surface area contributed by atoms with Crippen molar-refractivity contribution in [2.24, 2.45) is 7.05 Å². The number of pyridine rings is 1. The summed E-state index contributed by atoms with van der Waals surface area (Å²) >= 11 is 0. The Balaban J connectivity index is 1.44. The Kier molecular flexibility index (Phi) is 5.09. The highest BCUT2D eigenvalue weighted by molar-refractivity contribution is 5.95. The predicted molar refractivity (Wildman–Crippen MR) is 124 cm³/mol. The van der Waals surface area contributed by atoms with E-state index in [1.165, 1.54) is 4.57 Å². The summed E-state index contributed by atoms with van der Waals surface area (Å²) in [6.45, 7) is 3.30. The summed E-state index contributed by atoms with van der Waals surface area (Å²) in [5.74, 6) is 1.33. The number of benzene rings is 2. The van der Waals surface area contributed by atoms with Crippen LogP contribution in [0.4, 0.5) is 5.69 Å². The van der Waals surface area contributed by atoms with Gasteiger partial charge in [-0.1, -0.05) is 18.2 Å². The van der Waals surface area contributed by atoms with E-state index in [1.54, 1.807) is 25.2 Å². The van der Waals surface area contributed by atoms with E-state index in [0.717, 1.165) is 29.4 Å². The maximum Gasteiger partial charge on any atom is 0.270 e. The fourth-order valence-corrected chi connectivity index (χ4v) is 4.61. The van der Waals surface area contributed by atoms with Gasteiger partial charge in [-0.2, -0.15) is 5.26 Å². The lowest BCUT2D eigenvalue weighted by molar-refractivity contribution is 0.398. The molecule has 0 saturated carbocycles. The molecule has 2 aromatic carbocycles. The van der Waals surface area contributed by atoms with Gasteiger partial charge in [0.15, 0.2) is 0 Å². The number of fused-ring (bicyclic) bond motifs is 1. The molecule has 0 amide bonds. The van der Waals surface area contributed by atoms with Gasteiger partial charge in [-0.05, 0) is 43.5 Å². The minimum atomic E-state index is -0.368. The van der Waals surface area contributed by atoms with Gasteiger partial charge < -0.3 is 19.0 Å². The van der Waals surface area contributed by atoms with Crippen LogP contribution in [0.5, 0.6) is 5.75 Å². The first-order valence-electron chi connectivity index (χ1n) is 10.9. The van der Waals surface area contributed by atoms with Gasteiger partial charge in [0.1, 0.15) is 17.4 Å². The molecule has 0 radical (unpaired) electrons. The predicted octanol–water partition coefficient (Wildman–Crippen LogP) is 3.86. The van der Waals surface area contributed by atoms with Crippen molar-refractivity contribution < 1.29 is 9.52 Å². The molecule has 0 aliphatic carbocycles. The van der Waals surface area contributed by atoms with Gasteiger partial charge in [0, 0.05) is 43.1 Å². The van der Waals surface area contributed by atoms with Gasteiger partial charge in [-0.3, -0.25) is 4.79 Å². The molecule has 0 unspecified atom stereocenters. The lowest BCUT2D eigenvalue weighted by Gasteiger charge is -2.33. The van der Waals surface area contributed by atoms with E-state index in [2.05, 4.69) is 21.2 Å². The number of rotatable bonds is 3. The number of phenols is 1. The third-order valence-electron chi connectivity index (χ3n) is 6.44. The number of hydrogen-bond donors (Lipinski definition) is 1. The lowest BCUT2D eigenvalue weighted by Crippen LogP contribution is -2.35. The molecule has 2 aromatic heterocycles. The zero-order valence-electron chi connectivity index (χ0n) is 18.4. The van der Waals surface area contributed by atoms with Crippen LogP contribution in [-0.2, 0) is 7.05 Å². The summed E-state index contributed by atoms with van der Waals surface area (Å²) in [5, 5.41) is 29.0. The first kappa shape index (κ1) is 20.8. The molecule has 8 nitrogen and oxygen atoms in total. The van der Waals surface area contributed by atoms with Crippen molar-refractivity contribution >= 4 is 16.6 Å². The zero-order valence-corrected chi connectivity index (χ0v) is 18.4. The second kappa shape index (κ2) is 8.10. The Bertz CT molecular complexity index is 1460. The molecule has 8 heteroatoms. The van der Waals surface area contributed by atoms with Crippen molar-refractivity contribution in [2.45, 2.75) is 25.7 Å². The number of aromatic hydroxyl groups is 1. The van der Waals surface area contributed by atoms with E-state index in [4.69, 9.17) is 4.42 Å². The van der Waals surface area contributed by atoms with E-state index < -0.39 is 0 Å². The van der Waals surface area contributed by atoms with Crippen molar-refractivity contribution in [1.29, 1.82) is 5.26 Å². The third kappa shape index (κ3) is 3.52. The third-order valence-corrected chi connectivity index (χ3v) is 6.44. The van der Waals surface area contributed by atoms with Crippen LogP contribution in [0, 0.1) is 18.3 Å². The minimum Gasteiger partial charge on any atom is -0.508 e. The summed E-state index contributed by atoms with van der Waals surface area (Å²) in [7, 11) is 1.61. The van der Waals surface area contributed by atoms with Crippen molar-refractivity contribution in [3.05, 3.63) is 69.8 Å². The highest BCUT2D eigenvalue weighted by Crippen LogP contribution is 2.36. The topological polar surface area (TPSA) is 108 Å². The number of aryl methyl sites for hydroxylation is 2. The number of nitrogens with zero attached hydrogens (tertiary/aromatic N) is 5. The summed E-state index contributed by atoms with van der Waals surface area (Å²) in [6, 6.07) is 14.9. The molecule has 0 spiro atoms. The first-order chi connectivity index (χ1) is 16.0. The molecule has 33 heavy (non-hydrogen) atoms. The molecule has 0 atom stereocenters. The highest BCUT2D eigenvalue weighted by Gasteiger charge is 2.29. The van der Waals surface area contributed by atoms with E-state index in [1.807, 2.05) is 31.2 Å². The Labute approximate surface area is 190 Å². The molecule has 0 bridgehead atoms. The number of aromatic nitrogens is 3. The van der Waals surface area contributed by atoms with Crippen LogP contribution < -0.4 is 10.5 Å².